The van der Waals surface area contributed by atoms with E-state index < -0.39 is 18.1 Å². The summed E-state index contributed by atoms with van der Waals surface area (Å²) in [6, 6.07) is 10.0. The topological polar surface area (TPSA) is 125 Å². The second kappa shape index (κ2) is 15.7. The van der Waals surface area contributed by atoms with E-state index >= 15 is 0 Å². The lowest BCUT2D eigenvalue weighted by atomic mass is 10.1. The molecule has 2 atom stereocenters. The molecule has 0 saturated carbocycles. The number of carboxylic acid groups (broad SMARTS) is 1. The number of nitrogens with zero attached hydrogens (tertiary/aromatic N) is 1. The van der Waals surface area contributed by atoms with E-state index in [0.29, 0.717) is 46.0 Å². The Kier molecular flexibility index (Phi) is 14.2. The number of nitrogens with two attached hydrogens (primary N) is 2. The molecule has 0 heterocycles. The molecule has 11 heteroatoms. The first-order valence-electron chi connectivity index (χ1n) is 11.4. The summed E-state index contributed by atoms with van der Waals surface area (Å²) in [6.07, 6.45) is -0.342. The van der Waals surface area contributed by atoms with Gasteiger partial charge in [-0.05, 0) is 62.6 Å². The molecule has 0 bridgehead atoms. The summed E-state index contributed by atoms with van der Waals surface area (Å²) >= 11 is 23.3. The number of nitrogen functional groups attached to an aromatic ring is 1. The zero-order valence-electron chi connectivity index (χ0n) is 20.8. The quantitative estimate of drug-likeness (QED) is 0.188. The Bertz CT molecular complexity index is 926. The van der Waals surface area contributed by atoms with Crippen LogP contribution < -0.4 is 21.7 Å². The number of aliphatic hydroxyl groups is 1. The third kappa shape index (κ3) is 11.7. The highest BCUT2D eigenvalue weighted by Gasteiger charge is 2.16. The molecule has 2 aromatic carbocycles. The van der Waals surface area contributed by atoms with Crippen molar-refractivity contribution in [3.63, 3.8) is 0 Å². The molecule has 2 aromatic rings. The molecule has 0 aliphatic rings. The van der Waals surface area contributed by atoms with Gasteiger partial charge in [0.05, 0.1) is 21.8 Å². The number of anilines is 2. The zero-order valence-corrected chi connectivity index (χ0v) is 23.8. The first-order valence-corrected chi connectivity index (χ1v) is 13.2. The number of nitrogens with one attached hydrogen (secondary N) is 1. The highest BCUT2D eigenvalue weighted by Crippen LogP contribution is 2.31. The van der Waals surface area contributed by atoms with E-state index in [0.717, 1.165) is 24.3 Å². The molecule has 0 aliphatic carbocycles. The molecule has 0 fully saturated rings. The molecule has 2 rings (SSSR count). The highest BCUT2D eigenvalue weighted by atomic mass is 35.5. The van der Waals surface area contributed by atoms with Crippen molar-refractivity contribution in [2.75, 3.05) is 42.0 Å². The van der Waals surface area contributed by atoms with Crippen LogP contribution in [-0.2, 0) is 11.2 Å². The van der Waals surface area contributed by atoms with Crippen LogP contribution in [0, 0.1) is 0 Å². The van der Waals surface area contributed by atoms with Gasteiger partial charge >= 0.3 is 5.97 Å². The summed E-state index contributed by atoms with van der Waals surface area (Å²) in [7, 11) is 0. The molecule has 0 aromatic heterocycles. The number of benzene rings is 2. The average molecular weight is 582 g/mol. The van der Waals surface area contributed by atoms with Gasteiger partial charge in [0.25, 0.3) is 0 Å². The number of β-amino-alcohol motifs (C(OH)–C–C–N with tert-alkyl or cyclic N) is 1. The van der Waals surface area contributed by atoms with Gasteiger partial charge in [-0.25, -0.2) is 0 Å². The Hall–Kier alpha value is -1.45. The van der Waals surface area contributed by atoms with Crippen molar-refractivity contribution in [3.05, 3.63) is 57.6 Å². The monoisotopic (exact) mass is 580 g/mol. The van der Waals surface area contributed by atoms with Gasteiger partial charge in [0.15, 0.2) is 0 Å². The van der Waals surface area contributed by atoms with Crippen LogP contribution in [0.25, 0.3) is 0 Å². The van der Waals surface area contributed by atoms with Crippen molar-refractivity contribution >= 4 is 63.7 Å². The molecule has 1 unspecified atom stereocenters. The van der Waals surface area contributed by atoms with E-state index in [1.54, 1.807) is 12.1 Å². The number of carbonyl (C=O) groups is 1. The van der Waals surface area contributed by atoms with E-state index in [9.17, 15) is 9.90 Å². The van der Waals surface area contributed by atoms with Crippen LogP contribution in [0.15, 0.2) is 36.4 Å². The highest BCUT2D eigenvalue weighted by molar-refractivity contribution is 6.38. The van der Waals surface area contributed by atoms with E-state index in [2.05, 4.69) is 10.2 Å². The van der Waals surface area contributed by atoms with E-state index in [-0.39, 0.29) is 5.54 Å². The van der Waals surface area contributed by atoms with Gasteiger partial charge in [-0.1, -0.05) is 35.3 Å². The summed E-state index contributed by atoms with van der Waals surface area (Å²) in [5.74, 6) is 0.0698. The fourth-order valence-corrected chi connectivity index (χ4v) is 3.99. The third-order valence-corrected chi connectivity index (χ3v) is 6.06. The largest absolute Gasteiger partial charge is 0.480 e. The Labute approximate surface area is 233 Å². The zero-order chi connectivity index (χ0) is 27.5. The van der Waals surface area contributed by atoms with Gasteiger partial charge in [-0.15, -0.1) is 23.2 Å². The van der Waals surface area contributed by atoms with E-state index in [1.807, 2.05) is 45.0 Å². The third-order valence-electron chi connectivity index (χ3n) is 5.10. The maximum atomic E-state index is 10.7. The van der Waals surface area contributed by atoms with Crippen molar-refractivity contribution in [2.24, 2.45) is 5.73 Å². The van der Waals surface area contributed by atoms with Crippen molar-refractivity contribution in [1.29, 1.82) is 0 Å². The summed E-state index contributed by atoms with van der Waals surface area (Å²) in [5, 5.41) is 22.7. The average Bonchev–Trinajstić information content (AvgIpc) is 2.81. The second-order valence-corrected chi connectivity index (χ2v) is 10.8. The van der Waals surface area contributed by atoms with Crippen LogP contribution in [-0.4, -0.2) is 59.2 Å². The molecule has 0 radical (unpaired) electrons. The Morgan fingerprint density at radius 3 is 1.97 bits per heavy atom. The van der Waals surface area contributed by atoms with Crippen LogP contribution in [0.5, 0.6) is 0 Å². The Morgan fingerprint density at radius 1 is 1.06 bits per heavy atom. The smallest absolute Gasteiger partial charge is 0.320 e. The lowest BCUT2D eigenvalue weighted by Crippen LogP contribution is -2.38. The number of hydrogen-bond acceptors (Lipinski definition) is 6. The number of halogens is 4. The Morgan fingerprint density at radius 2 is 1.56 bits per heavy atom. The van der Waals surface area contributed by atoms with Crippen molar-refractivity contribution < 1.29 is 15.0 Å². The second-order valence-electron chi connectivity index (χ2n) is 9.23. The molecule has 7 N–H and O–H groups in total. The minimum Gasteiger partial charge on any atom is -0.480 e. The lowest BCUT2D eigenvalue weighted by Gasteiger charge is -2.23. The van der Waals surface area contributed by atoms with Crippen LogP contribution in [0.3, 0.4) is 0 Å². The van der Waals surface area contributed by atoms with E-state index in [1.165, 1.54) is 0 Å². The van der Waals surface area contributed by atoms with Gasteiger partial charge < -0.3 is 31.9 Å². The molecule has 7 nitrogen and oxygen atoms in total. The number of carboxylic acids is 1. The maximum Gasteiger partial charge on any atom is 0.320 e. The first-order chi connectivity index (χ1) is 16.8. The summed E-state index contributed by atoms with van der Waals surface area (Å²) in [5.41, 5.74) is 14.0. The van der Waals surface area contributed by atoms with Crippen molar-refractivity contribution in [1.82, 2.24) is 5.32 Å². The van der Waals surface area contributed by atoms with Crippen molar-refractivity contribution in [3.8, 4) is 0 Å². The molecular formula is C25H36Cl4N4O3. The number of aliphatic carboxylic acids is 1. The van der Waals surface area contributed by atoms with Crippen LogP contribution in [0.2, 0.25) is 10.0 Å². The number of aliphatic hydroxyl groups excluding tert-OH is 1. The van der Waals surface area contributed by atoms with Crippen LogP contribution >= 0.6 is 46.4 Å². The van der Waals surface area contributed by atoms with Crippen molar-refractivity contribution in [2.45, 2.75) is 44.9 Å². The number of alkyl halides is 2. The minimum absolute atomic E-state index is 0.0532. The molecule has 0 aliphatic heterocycles. The molecule has 0 amide bonds. The van der Waals surface area contributed by atoms with Gasteiger partial charge in [0, 0.05) is 42.6 Å². The van der Waals surface area contributed by atoms with Gasteiger partial charge in [-0.3, -0.25) is 4.79 Å². The van der Waals surface area contributed by atoms with Crippen LogP contribution in [0.4, 0.5) is 11.4 Å². The molecule has 36 heavy (non-hydrogen) atoms. The molecule has 0 spiro atoms. The number of rotatable bonds is 11. The van der Waals surface area contributed by atoms with Gasteiger partial charge in [0.1, 0.15) is 6.04 Å². The molecular weight excluding hydrogens is 546 g/mol. The normalized spacial score (nSPS) is 12.9. The SMILES string of the molecule is CC(C)(C)NCC(O)c1cc(Cl)c(N)c(Cl)c1.N[C@@H](Cc1ccc(N(CCCl)CCCl)cc1)C(=O)O. The first kappa shape index (κ1) is 32.6. The summed E-state index contributed by atoms with van der Waals surface area (Å²) in [6.45, 7) is 7.97. The molecule has 202 valence electrons. The van der Waals surface area contributed by atoms with Gasteiger partial charge in [-0.2, -0.15) is 0 Å². The summed E-state index contributed by atoms with van der Waals surface area (Å²) in [4.78, 5) is 12.8. The van der Waals surface area contributed by atoms with Gasteiger partial charge in [0.2, 0.25) is 0 Å². The predicted molar refractivity (Wildman–Crippen MR) is 153 cm³/mol. The predicted octanol–water partition coefficient (Wildman–Crippen LogP) is 4.92. The van der Waals surface area contributed by atoms with Crippen LogP contribution in [0.1, 0.15) is 38.0 Å². The Balaban J connectivity index is 0.000000362. The number of hydrogen-bond donors (Lipinski definition) is 5. The summed E-state index contributed by atoms with van der Waals surface area (Å²) < 4.78 is 0. The fraction of sp³-hybridized carbons (Fsp3) is 0.480. The molecule has 0 saturated heterocycles. The lowest BCUT2D eigenvalue weighted by molar-refractivity contribution is -0.138. The minimum atomic E-state index is -0.991. The van der Waals surface area contributed by atoms with E-state index in [4.69, 9.17) is 63.0 Å². The standard InChI is InChI=1S/C13H18Cl2N2O2.C12H18Cl2N2O/c14-5-7-17(8-6-15)11-3-1-10(2-4-11)9-12(16)13(18)19;1-12(2,3)16-6-10(17)7-4-8(13)11(15)9(14)5-7/h1-4,12H,5-9,16H2,(H,18,19);4-5,10,16-17H,6,15H2,1-3H3/t12-;/m0./s1. The fourth-order valence-electron chi connectivity index (χ4n) is 3.08. The maximum absolute atomic E-state index is 10.7.